The van der Waals surface area contributed by atoms with E-state index in [0.29, 0.717) is 45.9 Å². The van der Waals surface area contributed by atoms with Gasteiger partial charge < -0.3 is 16.4 Å². The Bertz CT molecular complexity index is 2380. The first-order valence-corrected chi connectivity index (χ1v) is 21.9. The van der Waals surface area contributed by atoms with E-state index in [1.54, 1.807) is 87.5 Å². The van der Waals surface area contributed by atoms with Crippen molar-refractivity contribution >= 4 is 87.3 Å². The van der Waals surface area contributed by atoms with Crippen molar-refractivity contribution in [1.29, 1.82) is 0 Å². The van der Waals surface area contributed by atoms with Crippen LogP contribution in [0.2, 0.25) is 10.0 Å². The number of anilines is 4. The average molecular weight is 846 g/mol. The molecule has 4 aromatic carbocycles. The number of aryl methyl sites for hydroxylation is 2. The molecule has 6 rings (SSSR count). The van der Waals surface area contributed by atoms with Crippen LogP contribution in [0.3, 0.4) is 0 Å². The van der Waals surface area contributed by atoms with Gasteiger partial charge in [0.1, 0.15) is 0 Å². The minimum Gasteiger partial charge on any atom is -0.397 e. The van der Waals surface area contributed by atoms with Gasteiger partial charge in [0.2, 0.25) is 0 Å². The summed E-state index contributed by atoms with van der Waals surface area (Å²) >= 11 is 12.5. The Morgan fingerprint density at radius 1 is 0.564 bits per heavy atom. The molecule has 0 amide bonds. The SMILES string of the molecule is CC1=C(Nc2cccc(N)c2Cl)CCCC1=O.CC1=C(Nc2cccc(NS(=O)(=O)c3ccccc3C)c2Cl)CCCC1=O.Cc1ccccc1S(=O)(=O)Cl. The van der Waals surface area contributed by atoms with Crippen LogP contribution in [0.15, 0.2) is 117 Å². The fourth-order valence-electron chi connectivity index (χ4n) is 5.82. The van der Waals surface area contributed by atoms with E-state index in [9.17, 15) is 26.4 Å². The highest BCUT2D eigenvalue weighted by molar-refractivity contribution is 8.13. The Morgan fingerprint density at radius 3 is 1.47 bits per heavy atom. The van der Waals surface area contributed by atoms with Crippen LogP contribution in [0.25, 0.3) is 0 Å². The molecule has 0 unspecified atom stereocenters. The molecule has 0 heterocycles. The van der Waals surface area contributed by atoms with Crippen molar-refractivity contribution in [3.8, 4) is 0 Å². The van der Waals surface area contributed by atoms with Gasteiger partial charge in [-0.3, -0.25) is 14.3 Å². The molecule has 15 heteroatoms. The lowest BCUT2D eigenvalue weighted by atomic mass is 9.96. The third-order valence-electron chi connectivity index (χ3n) is 8.99. The van der Waals surface area contributed by atoms with Crippen molar-refractivity contribution in [2.45, 2.75) is 76.0 Å². The highest BCUT2D eigenvalue weighted by Crippen LogP contribution is 2.35. The molecular weight excluding hydrogens is 803 g/mol. The minimum atomic E-state index is -3.76. The van der Waals surface area contributed by atoms with Crippen molar-refractivity contribution < 1.29 is 26.4 Å². The number of ketones is 2. The lowest BCUT2D eigenvalue weighted by molar-refractivity contribution is -0.116. The van der Waals surface area contributed by atoms with E-state index in [1.165, 1.54) is 6.07 Å². The maximum Gasteiger partial charge on any atom is 0.262 e. The predicted molar refractivity (Wildman–Crippen MR) is 224 cm³/mol. The lowest BCUT2D eigenvalue weighted by Crippen LogP contribution is -2.16. The Morgan fingerprint density at radius 2 is 1.00 bits per heavy atom. The Kier molecular flexibility index (Phi) is 15.0. The second-order valence-electron chi connectivity index (χ2n) is 13.0. The number of carbonyl (C=O) groups excluding carboxylic acids is 2. The van der Waals surface area contributed by atoms with E-state index < -0.39 is 19.1 Å². The maximum absolute atomic E-state index is 12.7. The van der Waals surface area contributed by atoms with Gasteiger partial charge >= 0.3 is 0 Å². The molecule has 2 aliphatic carbocycles. The van der Waals surface area contributed by atoms with E-state index in [2.05, 4.69) is 15.4 Å². The summed E-state index contributed by atoms with van der Waals surface area (Å²) in [4.78, 5) is 23.9. The number of carbonyl (C=O) groups is 2. The largest absolute Gasteiger partial charge is 0.397 e. The van der Waals surface area contributed by atoms with Crippen molar-refractivity contribution in [2.75, 3.05) is 21.1 Å². The van der Waals surface area contributed by atoms with Crippen LogP contribution in [-0.4, -0.2) is 28.4 Å². The summed E-state index contributed by atoms with van der Waals surface area (Å²) in [5.74, 6) is 0.329. The average Bonchev–Trinajstić information content (AvgIpc) is 3.13. The highest BCUT2D eigenvalue weighted by Gasteiger charge is 2.21. The van der Waals surface area contributed by atoms with E-state index in [0.717, 1.165) is 48.3 Å². The van der Waals surface area contributed by atoms with Crippen molar-refractivity contribution in [2.24, 2.45) is 0 Å². The van der Waals surface area contributed by atoms with E-state index in [4.69, 9.17) is 39.6 Å². The summed E-state index contributed by atoms with van der Waals surface area (Å²) in [6.07, 6.45) is 4.51. The molecule has 55 heavy (non-hydrogen) atoms. The molecule has 0 radical (unpaired) electrons. The van der Waals surface area contributed by atoms with Crippen molar-refractivity contribution in [3.05, 3.63) is 129 Å². The van der Waals surface area contributed by atoms with E-state index in [1.807, 2.05) is 19.1 Å². The molecule has 0 saturated heterocycles. The number of nitrogens with one attached hydrogen (secondary N) is 3. The number of rotatable bonds is 8. The van der Waals surface area contributed by atoms with Gasteiger partial charge in [-0.1, -0.05) is 71.7 Å². The quantitative estimate of drug-likeness (QED) is 0.0998. The van der Waals surface area contributed by atoms with Crippen LogP contribution in [-0.2, 0) is 28.7 Å². The van der Waals surface area contributed by atoms with Crippen LogP contribution in [0.1, 0.15) is 63.5 Å². The number of halogens is 3. The zero-order valence-electron chi connectivity index (χ0n) is 30.8. The summed E-state index contributed by atoms with van der Waals surface area (Å²) in [6.45, 7) is 7.09. The third-order valence-corrected chi connectivity index (χ3v) is 12.8. The molecule has 0 bridgehead atoms. The summed E-state index contributed by atoms with van der Waals surface area (Å²) in [5, 5.41) is 7.18. The van der Waals surface area contributed by atoms with Gasteiger partial charge in [-0.2, -0.15) is 0 Å². The molecule has 0 aromatic heterocycles. The smallest absolute Gasteiger partial charge is 0.262 e. The number of benzene rings is 4. The molecule has 0 atom stereocenters. The monoisotopic (exact) mass is 844 g/mol. The van der Waals surface area contributed by atoms with Gasteiger partial charge in [0.05, 0.1) is 42.6 Å². The first kappa shape index (κ1) is 43.4. The molecule has 5 N–H and O–H groups in total. The number of hydrogen-bond donors (Lipinski definition) is 4. The summed E-state index contributed by atoms with van der Waals surface area (Å²) in [7, 11) is -2.19. The molecule has 0 fully saturated rings. The van der Waals surface area contributed by atoms with Crippen molar-refractivity contribution in [3.63, 3.8) is 0 Å². The molecule has 4 aromatic rings. The van der Waals surface area contributed by atoms with Gasteiger partial charge in [-0.15, -0.1) is 0 Å². The van der Waals surface area contributed by atoms with Crippen LogP contribution in [0.4, 0.5) is 22.7 Å². The van der Waals surface area contributed by atoms with Gasteiger partial charge in [-0.25, -0.2) is 16.8 Å². The number of hydrogen-bond acceptors (Lipinski definition) is 9. The normalized spacial score (nSPS) is 14.7. The maximum atomic E-state index is 12.7. The number of nitrogen functional groups attached to an aromatic ring is 1. The Labute approximate surface area is 337 Å². The van der Waals surface area contributed by atoms with Crippen LogP contribution < -0.4 is 21.1 Å². The summed E-state index contributed by atoms with van der Waals surface area (Å²) < 4.78 is 49.7. The van der Waals surface area contributed by atoms with Gasteiger partial charge in [0.15, 0.2) is 11.6 Å². The van der Waals surface area contributed by atoms with Crippen LogP contribution in [0, 0.1) is 13.8 Å². The molecule has 0 spiro atoms. The second-order valence-corrected chi connectivity index (χ2v) is 17.9. The van der Waals surface area contributed by atoms with Gasteiger partial charge in [-0.05, 0) is 101 Å². The predicted octanol–water partition coefficient (Wildman–Crippen LogP) is 10.2. The van der Waals surface area contributed by atoms with Gasteiger partial charge in [0, 0.05) is 46.1 Å². The topological polar surface area (TPSA) is 165 Å². The summed E-state index contributed by atoms with van der Waals surface area (Å²) in [6, 6.07) is 23.9. The number of Topliss-reactive ketones (excluding diaryl/α,β-unsaturated/α-hetero) is 2. The molecular formula is C40H43Cl3N4O6S2. The fourth-order valence-corrected chi connectivity index (χ4v) is 8.80. The van der Waals surface area contributed by atoms with E-state index in [-0.39, 0.29) is 32.1 Å². The van der Waals surface area contributed by atoms with Crippen LogP contribution in [0.5, 0.6) is 0 Å². The standard InChI is InChI=1S/C20H21ClN2O3S.C13H15ClN2O.C7H7ClO2S/c1-13-7-3-4-12-19(13)27(25,26)23-17-10-5-9-16(20(17)21)22-15-8-6-11-18(24)14(15)2;1-8-10(5-3-7-12(8)17)16-11-6-2-4-9(15)13(11)14;1-6-4-2-3-5-7(6)11(8,9)10/h3-5,7,9-10,12,22-23H,6,8,11H2,1-2H3;2,4,6,16H,3,5,7,15H2,1H3;2-5H,1H3. The highest BCUT2D eigenvalue weighted by atomic mass is 35.7. The second kappa shape index (κ2) is 19.0. The summed E-state index contributed by atoms with van der Waals surface area (Å²) in [5.41, 5.74) is 12.5. The number of nitrogens with two attached hydrogens (primary N) is 1. The van der Waals surface area contributed by atoms with Crippen LogP contribution >= 0.6 is 33.9 Å². The molecule has 2 aliphatic rings. The third kappa shape index (κ3) is 11.6. The number of sulfonamides is 1. The Hall–Kier alpha value is -4.33. The molecule has 0 saturated carbocycles. The number of allylic oxidation sites excluding steroid dienone is 4. The zero-order chi connectivity index (χ0) is 40.5. The first-order valence-electron chi connectivity index (χ1n) is 17.3. The minimum absolute atomic E-state index is 0.122. The molecule has 0 aliphatic heterocycles. The molecule has 10 nitrogen and oxygen atoms in total. The first-order chi connectivity index (χ1) is 25.9. The zero-order valence-corrected chi connectivity index (χ0v) is 34.7. The van der Waals surface area contributed by atoms with Gasteiger partial charge in [0.25, 0.3) is 19.1 Å². The van der Waals surface area contributed by atoms with Crippen molar-refractivity contribution in [1.82, 2.24) is 0 Å². The molecule has 292 valence electrons. The van der Waals surface area contributed by atoms with E-state index >= 15 is 0 Å². The Balaban J connectivity index is 0.000000204. The lowest BCUT2D eigenvalue weighted by Gasteiger charge is -2.20. The fraction of sp³-hybridized carbons (Fsp3) is 0.250.